The van der Waals surface area contributed by atoms with E-state index in [1.165, 1.54) is 12.0 Å². The van der Waals surface area contributed by atoms with Gasteiger partial charge in [0.05, 0.1) is 6.61 Å². The fourth-order valence-corrected chi connectivity index (χ4v) is 2.60. The van der Waals surface area contributed by atoms with Gasteiger partial charge in [-0.1, -0.05) is 18.2 Å². The summed E-state index contributed by atoms with van der Waals surface area (Å²) in [6, 6.07) is 9.46. The second kappa shape index (κ2) is 4.44. The quantitative estimate of drug-likeness (QED) is 0.788. The molecule has 86 valence electrons. The third-order valence-electron chi connectivity index (χ3n) is 3.46. The molecule has 1 saturated heterocycles. The Hall–Kier alpha value is -1.06. The summed E-state index contributed by atoms with van der Waals surface area (Å²) in [5.74, 6) is 1.05. The molecule has 0 amide bonds. The lowest BCUT2D eigenvalue weighted by Crippen LogP contribution is -2.36. The largest absolute Gasteiger partial charge is 0.493 e. The van der Waals surface area contributed by atoms with Gasteiger partial charge in [0.2, 0.25) is 0 Å². The molecule has 0 bridgehead atoms. The van der Waals surface area contributed by atoms with Gasteiger partial charge in [0.15, 0.2) is 0 Å². The van der Waals surface area contributed by atoms with E-state index in [2.05, 4.69) is 28.8 Å². The van der Waals surface area contributed by atoms with Gasteiger partial charge in [-0.15, -0.1) is 0 Å². The highest BCUT2D eigenvalue weighted by Gasteiger charge is 2.24. The lowest BCUT2D eigenvalue weighted by Gasteiger charge is -2.29. The molecule has 2 aliphatic heterocycles. The zero-order valence-electron chi connectivity index (χ0n) is 9.41. The maximum absolute atomic E-state index is 5.66. The summed E-state index contributed by atoms with van der Waals surface area (Å²) in [6.45, 7) is 3.07. The van der Waals surface area contributed by atoms with E-state index in [4.69, 9.17) is 4.74 Å². The Morgan fingerprint density at radius 3 is 3.06 bits per heavy atom. The summed E-state index contributed by atoms with van der Waals surface area (Å²) in [5.41, 5.74) is 1.32. The van der Waals surface area contributed by atoms with Gasteiger partial charge < -0.3 is 15.4 Å². The summed E-state index contributed by atoms with van der Waals surface area (Å²) in [4.78, 5) is 0. The molecule has 0 aromatic heterocycles. The molecule has 3 rings (SSSR count). The molecular formula is C13H18N2O. The lowest BCUT2D eigenvalue weighted by atomic mass is 9.99. The molecule has 1 fully saturated rings. The Morgan fingerprint density at radius 1 is 1.25 bits per heavy atom. The number of para-hydroxylation sites is 1. The van der Waals surface area contributed by atoms with Crippen LogP contribution in [0.25, 0.3) is 0 Å². The van der Waals surface area contributed by atoms with E-state index in [-0.39, 0.29) is 0 Å². The van der Waals surface area contributed by atoms with Crippen LogP contribution in [0.2, 0.25) is 0 Å². The molecule has 0 saturated carbocycles. The number of hydrogen-bond acceptors (Lipinski definition) is 3. The molecule has 16 heavy (non-hydrogen) atoms. The first-order valence-corrected chi connectivity index (χ1v) is 6.12. The molecular weight excluding hydrogens is 200 g/mol. The van der Waals surface area contributed by atoms with Crippen molar-refractivity contribution in [3.8, 4) is 5.75 Å². The number of benzene rings is 1. The number of hydrogen-bond donors (Lipinski definition) is 2. The summed E-state index contributed by atoms with van der Waals surface area (Å²) in [6.07, 6.45) is 2.31. The van der Waals surface area contributed by atoms with E-state index in [0.717, 1.165) is 31.9 Å². The Labute approximate surface area is 96.2 Å². The molecule has 2 N–H and O–H groups in total. The van der Waals surface area contributed by atoms with Gasteiger partial charge in [-0.3, -0.25) is 0 Å². The van der Waals surface area contributed by atoms with Crippen LogP contribution >= 0.6 is 0 Å². The van der Waals surface area contributed by atoms with Crippen molar-refractivity contribution in [3.63, 3.8) is 0 Å². The summed E-state index contributed by atoms with van der Waals surface area (Å²) < 4.78 is 5.66. The molecule has 0 spiro atoms. The first kappa shape index (κ1) is 10.1. The predicted octanol–water partition coefficient (Wildman–Crippen LogP) is 1.46. The highest BCUT2D eigenvalue weighted by atomic mass is 16.5. The SMILES string of the molecule is c1ccc2c(c1)OCCC2NC1CCNC1. The highest BCUT2D eigenvalue weighted by molar-refractivity contribution is 5.37. The second-order valence-corrected chi connectivity index (χ2v) is 4.58. The van der Waals surface area contributed by atoms with Crippen molar-refractivity contribution in [2.24, 2.45) is 0 Å². The Balaban J connectivity index is 1.76. The topological polar surface area (TPSA) is 33.3 Å². The third kappa shape index (κ3) is 1.93. The molecule has 1 aromatic carbocycles. The Morgan fingerprint density at radius 2 is 2.19 bits per heavy atom. The monoisotopic (exact) mass is 218 g/mol. The maximum atomic E-state index is 5.66. The van der Waals surface area contributed by atoms with Crippen molar-refractivity contribution >= 4 is 0 Å². The van der Waals surface area contributed by atoms with Crippen LogP contribution in [0.3, 0.4) is 0 Å². The van der Waals surface area contributed by atoms with E-state index in [1.54, 1.807) is 0 Å². The molecule has 2 heterocycles. The van der Waals surface area contributed by atoms with Crippen LogP contribution in [0.5, 0.6) is 5.75 Å². The van der Waals surface area contributed by atoms with Gasteiger partial charge in [0.1, 0.15) is 5.75 Å². The van der Waals surface area contributed by atoms with Gasteiger partial charge >= 0.3 is 0 Å². The van der Waals surface area contributed by atoms with Crippen LogP contribution in [0, 0.1) is 0 Å². The summed E-state index contributed by atoms with van der Waals surface area (Å²) in [5, 5.41) is 7.12. The van der Waals surface area contributed by atoms with Gasteiger partial charge in [-0.25, -0.2) is 0 Å². The molecule has 3 nitrogen and oxygen atoms in total. The molecule has 3 heteroatoms. The highest BCUT2D eigenvalue weighted by Crippen LogP contribution is 2.31. The van der Waals surface area contributed by atoms with Crippen molar-refractivity contribution < 1.29 is 4.74 Å². The molecule has 2 atom stereocenters. The first-order valence-electron chi connectivity index (χ1n) is 6.12. The third-order valence-corrected chi connectivity index (χ3v) is 3.46. The van der Waals surface area contributed by atoms with Crippen LogP contribution in [0.4, 0.5) is 0 Å². The van der Waals surface area contributed by atoms with Crippen LogP contribution in [0.15, 0.2) is 24.3 Å². The lowest BCUT2D eigenvalue weighted by molar-refractivity contribution is 0.245. The van der Waals surface area contributed by atoms with Crippen molar-refractivity contribution in [1.29, 1.82) is 0 Å². The first-order chi connectivity index (χ1) is 7.93. The standard InChI is InChI=1S/C13H18N2O/c1-2-4-13-11(3-1)12(6-8-16-13)15-10-5-7-14-9-10/h1-4,10,12,14-15H,5-9H2. The average Bonchev–Trinajstić information content (AvgIpc) is 2.82. The Bertz CT molecular complexity index is 361. The van der Waals surface area contributed by atoms with Gasteiger partial charge in [0.25, 0.3) is 0 Å². The molecule has 2 aliphatic rings. The van der Waals surface area contributed by atoms with Crippen LogP contribution in [-0.2, 0) is 0 Å². The molecule has 0 radical (unpaired) electrons. The van der Waals surface area contributed by atoms with Crippen LogP contribution in [0.1, 0.15) is 24.4 Å². The minimum absolute atomic E-state index is 0.467. The summed E-state index contributed by atoms with van der Waals surface area (Å²) in [7, 11) is 0. The average molecular weight is 218 g/mol. The summed E-state index contributed by atoms with van der Waals surface area (Å²) >= 11 is 0. The van der Waals surface area contributed by atoms with Gasteiger partial charge in [-0.05, 0) is 19.0 Å². The van der Waals surface area contributed by atoms with Crippen molar-refractivity contribution in [1.82, 2.24) is 10.6 Å². The zero-order chi connectivity index (χ0) is 10.8. The molecule has 2 unspecified atom stereocenters. The van der Waals surface area contributed by atoms with E-state index in [0.29, 0.717) is 12.1 Å². The smallest absolute Gasteiger partial charge is 0.124 e. The van der Waals surface area contributed by atoms with Gasteiger partial charge in [0, 0.05) is 30.6 Å². The van der Waals surface area contributed by atoms with Crippen LogP contribution < -0.4 is 15.4 Å². The van der Waals surface area contributed by atoms with Crippen molar-refractivity contribution in [3.05, 3.63) is 29.8 Å². The van der Waals surface area contributed by atoms with Gasteiger partial charge in [-0.2, -0.15) is 0 Å². The minimum atomic E-state index is 0.467. The van der Waals surface area contributed by atoms with Crippen LogP contribution in [-0.4, -0.2) is 25.7 Å². The fraction of sp³-hybridized carbons (Fsp3) is 0.538. The van der Waals surface area contributed by atoms with E-state index in [1.807, 2.05) is 6.07 Å². The zero-order valence-corrected chi connectivity index (χ0v) is 9.41. The fourth-order valence-electron chi connectivity index (χ4n) is 2.60. The van der Waals surface area contributed by atoms with E-state index in [9.17, 15) is 0 Å². The predicted molar refractivity (Wildman–Crippen MR) is 63.7 cm³/mol. The maximum Gasteiger partial charge on any atom is 0.124 e. The number of ether oxygens (including phenoxy) is 1. The molecule has 1 aromatic rings. The number of rotatable bonds is 2. The number of fused-ring (bicyclic) bond motifs is 1. The van der Waals surface area contributed by atoms with E-state index < -0.39 is 0 Å². The van der Waals surface area contributed by atoms with E-state index >= 15 is 0 Å². The Kier molecular flexibility index (Phi) is 2.80. The molecule has 0 aliphatic carbocycles. The van der Waals surface area contributed by atoms with Crippen molar-refractivity contribution in [2.75, 3.05) is 19.7 Å². The number of nitrogens with one attached hydrogen (secondary N) is 2. The minimum Gasteiger partial charge on any atom is -0.493 e. The normalized spacial score (nSPS) is 28.5. The second-order valence-electron chi connectivity index (χ2n) is 4.58. The van der Waals surface area contributed by atoms with Crippen molar-refractivity contribution in [2.45, 2.75) is 24.9 Å².